The lowest BCUT2D eigenvalue weighted by atomic mass is 10.2. The highest BCUT2D eigenvalue weighted by Gasteiger charge is 2.17. The lowest BCUT2D eigenvalue weighted by molar-refractivity contribution is 0.0771. The average Bonchev–Trinajstić information content (AvgIpc) is 2.60. The van der Waals surface area contributed by atoms with Gasteiger partial charge in [0.1, 0.15) is 5.69 Å². The van der Waals surface area contributed by atoms with E-state index in [1.807, 2.05) is 13.8 Å². The molecule has 0 unspecified atom stereocenters. The molecule has 0 aliphatic rings. The zero-order valence-electron chi connectivity index (χ0n) is 13.9. The highest BCUT2D eigenvalue weighted by Crippen LogP contribution is 2.10. The van der Waals surface area contributed by atoms with Crippen LogP contribution in [0.15, 0.2) is 41.6 Å². The number of pyridine rings is 2. The van der Waals surface area contributed by atoms with E-state index < -0.39 is 5.91 Å². The van der Waals surface area contributed by atoms with E-state index in [1.165, 1.54) is 29.2 Å². The zero-order valence-corrected chi connectivity index (χ0v) is 13.9. The molecular weight excluding hydrogens is 308 g/mol. The Bertz CT molecular complexity index is 795. The molecule has 0 saturated heterocycles. The van der Waals surface area contributed by atoms with E-state index in [-0.39, 0.29) is 17.2 Å². The summed E-state index contributed by atoms with van der Waals surface area (Å²) >= 11 is 0. The molecule has 0 fully saturated rings. The average molecular weight is 328 g/mol. The van der Waals surface area contributed by atoms with Gasteiger partial charge in [0.25, 0.3) is 17.4 Å². The zero-order chi connectivity index (χ0) is 17.7. The van der Waals surface area contributed by atoms with Crippen LogP contribution in [0.4, 0.5) is 5.69 Å². The number of hydrogen-bond acceptors (Lipinski definition) is 4. The van der Waals surface area contributed by atoms with Gasteiger partial charge >= 0.3 is 0 Å². The molecule has 0 bridgehead atoms. The molecular formula is C17H20N4O3. The smallest absolute Gasteiger partial charge is 0.274 e. The van der Waals surface area contributed by atoms with Gasteiger partial charge in [0.2, 0.25) is 0 Å². The lowest BCUT2D eigenvalue weighted by Crippen LogP contribution is -2.32. The van der Waals surface area contributed by atoms with Crippen molar-refractivity contribution < 1.29 is 9.59 Å². The van der Waals surface area contributed by atoms with E-state index in [9.17, 15) is 14.4 Å². The summed E-state index contributed by atoms with van der Waals surface area (Å²) in [5.41, 5.74) is 0.421. The summed E-state index contributed by atoms with van der Waals surface area (Å²) in [7, 11) is 1.55. The Morgan fingerprint density at radius 1 is 1.17 bits per heavy atom. The molecule has 2 heterocycles. The Hall–Kier alpha value is -2.96. The van der Waals surface area contributed by atoms with Gasteiger partial charge in [0, 0.05) is 44.3 Å². The van der Waals surface area contributed by atoms with Crippen molar-refractivity contribution in [3.8, 4) is 0 Å². The van der Waals surface area contributed by atoms with E-state index in [0.29, 0.717) is 24.2 Å². The highest BCUT2D eigenvalue weighted by atomic mass is 16.2. The predicted octanol–water partition coefficient (Wildman–Crippen LogP) is 1.51. The van der Waals surface area contributed by atoms with Crippen LogP contribution in [0.3, 0.4) is 0 Å². The first-order chi connectivity index (χ1) is 11.5. The maximum atomic E-state index is 12.5. The molecule has 0 radical (unpaired) electrons. The molecule has 7 nitrogen and oxygen atoms in total. The third-order valence-corrected chi connectivity index (χ3v) is 3.67. The first kappa shape index (κ1) is 17.4. The SMILES string of the molecule is CCN(CC)C(=O)c1cc(NC(=O)c2ccncc2)c(=O)n(C)c1. The number of aromatic nitrogens is 2. The van der Waals surface area contributed by atoms with Crippen molar-refractivity contribution in [2.24, 2.45) is 7.05 Å². The molecule has 1 N–H and O–H groups in total. The van der Waals surface area contributed by atoms with Crippen molar-refractivity contribution >= 4 is 17.5 Å². The van der Waals surface area contributed by atoms with Crippen LogP contribution < -0.4 is 10.9 Å². The summed E-state index contributed by atoms with van der Waals surface area (Å²) in [5.74, 6) is -0.614. The second-order valence-corrected chi connectivity index (χ2v) is 5.23. The van der Waals surface area contributed by atoms with Gasteiger partial charge in [0.15, 0.2) is 0 Å². The number of aryl methyl sites for hydroxylation is 1. The quantitative estimate of drug-likeness (QED) is 0.902. The fourth-order valence-corrected chi connectivity index (χ4v) is 2.31. The maximum Gasteiger partial charge on any atom is 0.274 e. The monoisotopic (exact) mass is 328 g/mol. The van der Waals surface area contributed by atoms with Gasteiger partial charge in [-0.25, -0.2) is 0 Å². The first-order valence-corrected chi connectivity index (χ1v) is 7.69. The molecule has 0 atom stereocenters. The fourth-order valence-electron chi connectivity index (χ4n) is 2.31. The first-order valence-electron chi connectivity index (χ1n) is 7.69. The third kappa shape index (κ3) is 3.68. The number of hydrogen-bond donors (Lipinski definition) is 1. The van der Waals surface area contributed by atoms with Crippen LogP contribution in [-0.2, 0) is 7.05 Å². The molecule has 2 aromatic heterocycles. The van der Waals surface area contributed by atoms with Crippen LogP contribution in [0.2, 0.25) is 0 Å². The summed E-state index contributed by atoms with van der Waals surface area (Å²) in [6, 6.07) is 4.51. The molecule has 7 heteroatoms. The van der Waals surface area contributed by atoms with Crippen molar-refractivity contribution in [3.63, 3.8) is 0 Å². The van der Waals surface area contributed by atoms with Crippen LogP contribution in [0.5, 0.6) is 0 Å². The number of nitrogens with one attached hydrogen (secondary N) is 1. The van der Waals surface area contributed by atoms with Crippen molar-refractivity contribution in [2.45, 2.75) is 13.8 Å². The second-order valence-electron chi connectivity index (χ2n) is 5.23. The minimum Gasteiger partial charge on any atom is -0.339 e. The van der Waals surface area contributed by atoms with Crippen molar-refractivity contribution in [2.75, 3.05) is 18.4 Å². The summed E-state index contributed by atoms with van der Waals surface area (Å²) in [6.45, 7) is 4.90. The van der Waals surface area contributed by atoms with Crippen LogP contribution in [0.25, 0.3) is 0 Å². The molecule has 0 spiro atoms. The van der Waals surface area contributed by atoms with Gasteiger partial charge in [0.05, 0.1) is 5.56 Å². The fraction of sp³-hybridized carbons (Fsp3) is 0.294. The van der Waals surface area contributed by atoms with Gasteiger partial charge in [-0.05, 0) is 32.0 Å². The van der Waals surface area contributed by atoms with Crippen molar-refractivity contribution in [3.05, 3.63) is 58.3 Å². The van der Waals surface area contributed by atoms with Crippen LogP contribution in [0, 0.1) is 0 Å². The molecule has 2 rings (SSSR count). The molecule has 2 amide bonds. The molecule has 0 aliphatic heterocycles. The number of carbonyl (C=O) groups excluding carboxylic acids is 2. The summed E-state index contributed by atoms with van der Waals surface area (Å²) in [6.07, 6.45) is 4.46. The number of anilines is 1. The van der Waals surface area contributed by atoms with E-state index in [1.54, 1.807) is 24.1 Å². The van der Waals surface area contributed by atoms with Crippen LogP contribution in [-0.4, -0.2) is 39.4 Å². The minimum atomic E-state index is -0.429. The summed E-state index contributed by atoms with van der Waals surface area (Å²) < 4.78 is 1.29. The Morgan fingerprint density at radius 2 is 1.79 bits per heavy atom. The Balaban J connectivity index is 2.35. The second kappa shape index (κ2) is 7.54. The Labute approximate surface area is 139 Å². The summed E-state index contributed by atoms with van der Waals surface area (Å²) in [5, 5.41) is 2.57. The van der Waals surface area contributed by atoms with E-state index >= 15 is 0 Å². The van der Waals surface area contributed by atoms with Gasteiger partial charge < -0.3 is 14.8 Å². The van der Waals surface area contributed by atoms with Gasteiger partial charge in [-0.1, -0.05) is 0 Å². The highest BCUT2D eigenvalue weighted by molar-refractivity contribution is 6.04. The standard InChI is InChI=1S/C17H20N4O3/c1-4-21(5-2)16(23)13-10-14(17(24)20(3)11-13)19-15(22)12-6-8-18-9-7-12/h6-11H,4-5H2,1-3H3,(H,19,22). The maximum absolute atomic E-state index is 12.5. The molecule has 0 saturated carbocycles. The molecule has 0 aromatic carbocycles. The number of amides is 2. The van der Waals surface area contributed by atoms with Crippen molar-refractivity contribution in [1.29, 1.82) is 0 Å². The summed E-state index contributed by atoms with van der Waals surface area (Å²) in [4.78, 5) is 42.4. The number of nitrogens with zero attached hydrogens (tertiary/aromatic N) is 3. The van der Waals surface area contributed by atoms with Crippen molar-refractivity contribution in [1.82, 2.24) is 14.5 Å². The number of rotatable bonds is 5. The van der Waals surface area contributed by atoms with Gasteiger partial charge in [-0.15, -0.1) is 0 Å². The molecule has 24 heavy (non-hydrogen) atoms. The van der Waals surface area contributed by atoms with E-state index in [2.05, 4.69) is 10.3 Å². The van der Waals surface area contributed by atoms with E-state index in [4.69, 9.17) is 0 Å². The number of carbonyl (C=O) groups is 2. The minimum absolute atomic E-state index is 0.0670. The topological polar surface area (TPSA) is 84.3 Å². The molecule has 126 valence electrons. The normalized spacial score (nSPS) is 10.3. The predicted molar refractivity (Wildman–Crippen MR) is 91.1 cm³/mol. The van der Waals surface area contributed by atoms with Gasteiger partial charge in [-0.3, -0.25) is 19.4 Å². The molecule has 2 aromatic rings. The van der Waals surface area contributed by atoms with Crippen LogP contribution >= 0.6 is 0 Å². The van der Waals surface area contributed by atoms with Gasteiger partial charge in [-0.2, -0.15) is 0 Å². The lowest BCUT2D eigenvalue weighted by Gasteiger charge is -2.19. The van der Waals surface area contributed by atoms with E-state index in [0.717, 1.165) is 0 Å². The largest absolute Gasteiger partial charge is 0.339 e. The Morgan fingerprint density at radius 3 is 2.38 bits per heavy atom. The third-order valence-electron chi connectivity index (χ3n) is 3.67. The Kier molecular flexibility index (Phi) is 5.47. The van der Waals surface area contributed by atoms with Crippen LogP contribution in [0.1, 0.15) is 34.6 Å². The molecule has 0 aliphatic carbocycles.